The summed E-state index contributed by atoms with van der Waals surface area (Å²) in [7, 11) is 0. The third-order valence-electron chi connectivity index (χ3n) is 3.32. The van der Waals surface area contributed by atoms with Gasteiger partial charge in [-0.2, -0.15) is 0 Å². The van der Waals surface area contributed by atoms with Crippen LogP contribution in [0.25, 0.3) is 10.4 Å². The number of aromatic hydroxyl groups is 1. The van der Waals surface area contributed by atoms with Crippen molar-refractivity contribution in [2.75, 3.05) is 6.61 Å². The number of pyridine rings is 1. The van der Waals surface area contributed by atoms with Crippen LogP contribution in [-0.2, 0) is 6.42 Å². The lowest BCUT2D eigenvalue weighted by Gasteiger charge is -2.07. The molecule has 2 aromatic heterocycles. The van der Waals surface area contributed by atoms with Crippen molar-refractivity contribution >= 4 is 11.3 Å². The van der Waals surface area contributed by atoms with Crippen molar-refractivity contribution in [1.82, 2.24) is 9.97 Å². The van der Waals surface area contributed by atoms with Crippen LogP contribution in [-0.4, -0.2) is 21.7 Å². The lowest BCUT2D eigenvalue weighted by Crippen LogP contribution is -2.03. The molecule has 6 heteroatoms. The van der Waals surface area contributed by atoms with Gasteiger partial charge in [0.05, 0.1) is 11.5 Å². The minimum Gasteiger partial charge on any atom is -0.493 e. The monoisotopic (exact) mass is 328 g/mol. The van der Waals surface area contributed by atoms with E-state index in [0.29, 0.717) is 11.5 Å². The van der Waals surface area contributed by atoms with Gasteiger partial charge < -0.3 is 9.84 Å². The Hall–Kier alpha value is -2.60. The normalized spacial score (nSPS) is 10.7. The number of thiazole rings is 1. The molecule has 0 aliphatic rings. The third-order valence-corrected chi connectivity index (χ3v) is 4.24. The second-order valence-electron chi connectivity index (χ2n) is 5.09. The molecular weight excluding hydrogens is 312 g/mol. The smallest absolute Gasteiger partial charge is 0.307 e. The van der Waals surface area contributed by atoms with E-state index in [0.717, 1.165) is 40.5 Å². The summed E-state index contributed by atoms with van der Waals surface area (Å²) in [6.45, 7) is 2.51. The van der Waals surface area contributed by atoms with Gasteiger partial charge in [0.25, 0.3) is 0 Å². The van der Waals surface area contributed by atoms with Crippen LogP contribution in [0.3, 0.4) is 0 Å². The topological polar surface area (TPSA) is 75.2 Å². The molecule has 0 saturated heterocycles. The van der Waals surface area contributed by atoms with Gasteiger partial charge in [-0.3, -0.25) is 14.8 Å². The predicted octanol–water partition coefficient (Wildman–Crippen LogP) is 3.13. The first kappa shape index (κ1) is 15.3. The van der Waals surface area contributed by atoms with Crippen molar-refractivity contribution in [2.24, 2.45) is 0 Å². The molecule has 0 bridgehead atoms. The SMILES string of the molecule is Cc1cccc(CCOc2ccc(-c3sc(=O)[nH]c3O)cc2)n1. The molecule has 5 nitrogen and oxygen atoms in total. The maximum absolute atomic E-state index is 11.2. The summed E-state index contributed by atoms with van der Waals surface area (Å²) in [5, 5.41) is 9.66. The van der Waals surface area contributed by atoms with Crippen LogP contribution in [0, 0.1) is 6.92 Å². The van der Waals surface area contributed by atoms with Gasteiger partial charge in [0, 0.05) is 17.8 Å². The summed E-state index contributed by atoms with van der Waals surface area (Å²) in [4.78, 5) is 18.3. The number of aromatic amines is 1. The highest BCUT2D eigenvalue weighted by atomic mass is 32.1. The van der Waals surface area contributed by atoms with Gasteiger partial charge in [0.15, 0.2) is 0 Å². The molecule has 3 rings (SSSR count). The highest BCUT2D eigenvalue weighted by molar-refractivity contribution is 7.13. The van der Waals surface area contributed by atoms with Crippen LogP contribution in [0.5, 0.6) is 11.6 Å². The average molecular weight is 328 g/mol. The van der Waals surface area contributed by atoms with Gasteiger partial charge in [0.1, 0.15) is 5.75 Å². The standard InChI is InChI=1S/C17H16N2O3S/c1-11-3-2-4-13(18-11)9-10-22-14-7-5-12(6-8-14)15-16(20)19-17(21)23-15/h2-8,20H,9-10H2,1H3,(H,19,21). The molecule has 0 atom stereocenters. The Kier molecular flexibility index (Phi) is 4.43. The first-order valence-corrected chi connectivity index (χ1v) is 8.01. The summed E-state index contributed by atoms with van der Waals surface area (Å²) in [6.07, 6.45) is 0.740. The summed E-state index contributed by atoms with van der Waals surface area (Å²) >= 11 is 0.980. The number of rotatable bonds is 5. The van der Waals surface area contributed by atoms with E-state index < -0.39 is 0 Å². The summed E-state index contributed by atoms with van der Waals surface area (Å²) in [5.41, 5.74) is 2.78. The van der Waals surface area contributed by atoms with Gasteiger partial charge in [-0.25, -0.2) is 0 Å². The number of aromatic nitrogens is 2. The largest absolute Gasteiger partial charge is 0.493 e. The maximum atomic E-state index is 11.2. The van der Waals surface area contributed by atoms with Crippen molar-refractivity contribution < 1.29 is 9.84 Å². The number of benzene rings is 1. The summed E-state index contributed by atoms with van der Waals surface area (Å²) in [5.74, 6) is 0.642. The van der Waals surface area contributed by atoms with Gasteiger partial charge >= 0.3 is 4.87 Å². The van der Waals surface area contributed by atoms with Crippen LogP contribution < -0.4 is 9.61 Å². The Morgan fingerprint density at radius 2 is 2.00 bits per heavy atom. The molecule has 0 aliphatic carbocycles. The highest BCUT2D eigenvalue weighted by Crippen LogP contribution is 2.30. The fourth-order valence-electron chi connectivity index (χ4n) is 2.23. The van der Waals surface area contributed by atoms with Gasteiger partial charge in [-0.15, -0.1) is 0 Å². The molecule has 2 N–H and O–H groups in total. The Labute approximate surface area is 137 Å². The van der Waals surface area contributed by atoms with E-state index in [1.165, 1.54) is 0 Å². The zero-order valence-electron chi connectivity index (χ0n) is 12.6. The number of aryl methyl sites for hydroxylation is 1. The van der Waals surface area contributed by atoms with Crippen LogP contribution in [0.1, 0.15) is 11.4 Å². The maximum Gasteiger partial charge on any atom is 0.307 e. The van der Waals surface area contributed by atoms with E-state index in [-0.39, 0.29) is 10.8 Å². The molecule has 2 heterocycles. The zero-order valence-corrected chi connectivity index (χ0v) is 13.4. The average Bonchev–Trinajstić information content (AvgIpc) is 2.87. The number of hydrogen-bond donors (Lipinski definition) is 2. The van der Waals surface area contributed by atoms with Crippen LogP contribution >= 0.6 is 11.3 Å². The molecule has 0 aliphatic heterocycles. The van der Waals surface area contributed by atoms with Gasteiger partial charge in [-0.05, 0) is 48.9 Å². The third kappa shape index (κ3) is 3.78. The van der Waals surface area contributed by atoms with E-state index in [9.17, 15) is 9.90 Å². The molecule has 3 aromatic rings. The molecule has 23 heavy (non-hydrogen) atoms. The van der Waals surface area contributed by atoms with E-state index >= 15 is 0 Å². The quantitative estimate of drug-likeness (QED) is 0.754. The summed E-state index contributed by atoms with van der Waals surface area (Å²) < 4.78 is 5.71. The second-order valence-corrected chi connectivity index (χ2v) is 6.07. The van der Waals surface area contributed by atoms with E-state index in [4.69, 9.17) is 4.74 Å². The van der Waals surface area contributed by atoms with Crippen molar-refractivity contribution in [3.63, 3.8) is 0 Å². The lowest BCUT2D eigenvalue weighted by molar-refractivity contribution is 0.320. The molecule has 0 amide bonds. The van der Waals surface area contributed by atoms with Crippen molar-refractivity contribution in [3.8, 4) is 22.1 Å². The van der Waals surface area contributed by atoms with Crippen LogP contribution in [0.2, 0.25) is 0 Å². The Morgan fingerprint density at radius 1 is 1.22 bits per heavy atom. The molecular formula is C17H16N2O3S. The minimum atomic E-state index is -0.275. The number of nitrogens with one attached hydrogen (secondary N) is 1. The fourth-order valence-corrected chi connectivity index (χ4v) is 2.97. The Balaban J connectivity index is 1.62. The highest BCUT2D eigenvalue weighted by Gasteiger charge is 2.09. The molecule has 118 valence electrons. The molecule has 0 saturated carbocycles. The second kappa shape index (κ2) is 6.66. The van der Waals surface area contributed by atoms with E-state index in [1.54, 1.807) is 0 Å². The molecule has 0 radical (unpaired) electrons. The zero-order chi connectivity index (χ0) is 16.2. The van der Waals surface area contributed by atoms with Crippen molar-refractivity contribution in [3.05, 3.63) is 63.5 Å². The molecule has 0 unspecified atom stereocenters. The fraction of sp³-hybridized carbons (Fsp3) is 0.176. The first-order valence-electron chi connectivity index (χ1n) is 7.19. The molecule has 0 spiro atoms. The van der Waals surface area contributed by atoms with Crippen molar-refractivity contribution in [2.45, 2.75) is 13.3 Å². The Morgan fingerprint density at radius 3 is 2.65 bits per heavy atom. The molecule has 1 aromatic carbocycles. The van der Waals surface area contributed by atoms with Crippen molar-refractivity contribution in [1.29, 1.82) is 0 Å². The number of nitrogens with zero attached hydrogens (tertiary/aromatic N) is 1. The first-order chi connectivity index (χ1) is 11.1. The predicted molar refractivity (Wildman–Crippen MR) is 90.2 cm³/mol. The summed E-state index contributed by atoms with van der Waals surface area (Å²) in [6, 6.07) is 13.2. The lowest BCUT2D eigenvalue weighted by atomic mass is 10.2. The van der Waals surface area contributed by atoms with E-state index in [1.807, 2.05) is 49.4 Å². The van der Waals surface area contributed by atoms with Crippen LogP contribution in [0.15, 0.2) is 47.3 Å². The minimum absolute atomic E-state index is 0.0980. The number of H-pyrrole nitrogens is 1. The molecule has 0 fully saturated rings. The van der Waals surface area contributed by atoms with E-state index in [2.05, 4.69) is 9.97 Å². The van der Waals surface area contributed by atoms with Crippen LogP contribution in [0.4, 0.5) is 0 Å². The van der Waals surface area contributed by atoms with Gasteiger partial charge in [-0.1, -0.05) is 17.4 Å². The Bertz CT molecular complexity index is 853. The number of hydrogen-bond acceptors (Lipinski definition) is 5. The van der Waals surface area contributed by atoms with Gasteiger partial charge in [0.2, 0.25) is 5.88 Å². The number of ether oxygens (including phenoxy) is 1.